The summed E-state index contributed by atoms with van der Waals surface area (Å²) in [6, 6.07) is 7.27. The van der Waals surface area contributed by atoms with E-state index in [4.69, 9.17) is 0 Å². The molecule has 1 saturated heterocycles. The van der Waals surface area contributed by atoms with Crippen LogP contribution in [-0.2, 0) is 6.18 Å². The Morgan fingerprint density at radius 3 is 2.27 bits per heavy atom. The van der Waals surface area contributed by atoms with Crippen molar-refractivity contribution in [2.75, 3.05) is 18.0 Å². The summed E-state index contributed by atoms with van der Waals surface area (Å²) in [6.45, 7) is 6.99. The van der Waals surface area contributed by atoms with Gasteiger partial charge in [0.15, 0.2) is 5.69 Å². The van der Waals surface area contributed by atoms with E-state index in [-0.39, 0.29) is 23.4 Å². The predicted octanol–water partition coefficient (Wildman–Crippen LogP) is 5.16. The third kappa shape index (κ3) is 4.42. The first-order valence-electron chi connectivity index (χ1n) is 10.2. The fourth-order valence-corrected chi connectivity index (χ4v) is 4.63. The molecule has 1 N–H and O–H groups in total. The second-order valence-electron chi connectivity index (χ2n) is 7.68. The van der Waals surface area contributed by atoms with Crippen molar-refractivity contribution < 1.29 is 23.1 Å². The van der Waals surface area contributed by atoms with Gasteiger partial charge in [0.05, 0.1) is 5.56 Å². The van der Waals surface area contributed by atoms with Crippen molar-refractivity contribution in [2.24, 2.45) is 11.8 Å². The molecule has 1 saturated carbocycles. The molecule has 162 valence electrons. The molecule has 2 aromatic rings. The fraction of sp³-hybridized carbons (Fsp3) is 0.500. The SMILES string of the molecule is CC.Cc1cc(C(=O)O)nc(N2C[C@H]3CC(c4ccccc4C(F)(F)F)C[C@H]3C2)n1. The van der Waals surface area contributed by atoms with Crippen LogP contribution in [0.5, 0.6) is 0 Å². The molecule has 0 spiro atoms. The molecule has 0 radical (unpaired) electrons. The number of rotatable bonds is 3. The molecule has 8 heteroatoms. The van der Waals surface area contributed by atoms with Gasteiger partial charge in [0, 0.05) is 18.8 Å². The van der Waals surface area contributed by atoms with Gasteiger partial charge in [0.2, 0.25) is 5.95 Å². The van der Waals surface area contributed by atoms with Crippen molar-refractivity contribution in [2.45, 2.75) is 45.7 Å². The molecular weight excluding hydrogens is 395 g/mol. The minimum absolute atomic E-state index is 0.0449. The summed E-state index contributed by atoms with van der Waals surface area (Å²) in [4.78, 5) is 21.7. The van der Waals surface area contributed by atoms with Crippen molar-refractivity contribution >= 4 is 11.9 Å². The molecule has 1 aliphatic heterocycles. The highest BCUT2D eigenvalue weighted by Crippen LogP contribution is 2.49. The van der Waals surface area contributed by atoms with E-state index >= 15 is 0 Å². The summed E-state index contributed by atoms with van der Waals surface area (Å²) in [5, 5.41) is 9.19. The van der Waals surface area contributed by atoms with Crippen molar-refractivity contribution in [3.05, 3.63) is 52.8 Å². The maximum atomic E-state index is 13.3. The molecule has 1 aliphatic carbocycles. The van der Waals surface area contributed by atoms with E-state index in [0.717, 1.165) is 6.07 Å². The Labute approximate surface area is 174 Å². The Morgan fingerprint density at radius 1 is 1.10 bits per heavy atom. The second kappa shape index (κ2) is 8.62. The number of hydrogen-bond acceptors (Lipinski definition) is 4. The maximum Gasteiger partial charge on any atom is 0.416 e. The molecule has 1 aromatic heterocycles. The molecular formula is C22H26F3N3O2. The van der Waals surface area contributed by atoms with Gasteiger partial charge in [-0.25, -0.2) is 14.8 Å². The summed E-state index contributed by atoms with van der Waals surface area (Å²) in [6.07, 6.45) is -2.97. The summed E-state index contributed by atoms with van der Waals surface area (Å²) < 4.78 is 40.0. The van der Waals surface area contributed by atoms with Gasteiger partial charge in [0.1, 0.15) is 0 Å². The number of hydrogen-bond donors (Lipinski definition) is 1. The number of nitrogens with zero attached hydrogens (tertiary/aromatic N) is 3. The summed E-state index contributed by atoms with van der Waals surface area (Å²) in [5.41, 5.74) is 0.383. The number of alkyl halides is 3. The first-order valence-corrected chi connectivity index (χ1v) is 10.2. The number of aryl methyl sites for hydroxylation is 1. The van der Waals surface area contributed by atoms with Gasteiger partial charge >= 0.3 is 12.1 Å². The Kier molecular flexibility index (Phi) is 6.33. The van der Waals surface area contributed by atoms with E-state index < -0.39 is 17.7 Å². The topological polar surface area (TPSA) is 66.3 Å². The number of aromatic carboxylic acids is 1. The molecule has 0 amide bonds. The van der Waals surface area contributed by atoms with Gasteiger partial charge in [-0.15, -0.1) is 0 Å². The van der Waals surface area contributed by atoms with Gasteiger partial charge in [-0.2, -0.15) is 13.2 Å². The van der Waals surface area contributed by atoms with Crippen molar-refractivity contribution in [1.82, 2.24) is 9.97 Å². The zero-order chi connectivity index (χ0) is 22.1. The summed E-state index contributed by atoms with van der Waals surface area (Å²) >= 11 is 0. The minimum Gasteiger partial charge on any atom is -0.477 e. The first kappa shape index (κ1) is 22.1. The highest BCUT2D eigenvalue weighted by molar-refractivity contribution is 5.85. The lowest BCUT2D eigenvalue weighted by Crippen LogP contribution is -2.25. The fourth-order valence-electron chi connectivity index (χ4n) is 4.63. The Bertz CT molecular complexity index is 903. The highest BCUT2D eigenvalue weighted by Gasteiger charge is 2.44. The van der Waals surface area contributed by atoms with Crippen LogP contribution in [0.15, 0.2) is 30.3 Å². The molecule has 5 nitrogen and oxygen atoms in total. The van der Waals surface area contributed by atoms with Crippen LogP contribution in [0.25, 0.3) is 0 Å². The van der Waals surface area contributed by atoms with Crippen LogP contribution in [-0.4, -0.2) is 34.1 Å². The van der Waals surface area contributed by atoms with Crippen LogP contribution < -0.4 is 4.90 Å². The normalized spacial score (nSPS) is 23.0. The lowest BCUT2D eigenvalue weighted by molar-refractivity contribution is -0.138. The van der Waals surface area contributed by atoms with E-state index in [0.29, 0.717) is 43.1 Å². The number of carboxylic acid groups (broad SMARTS) is 1. The van der Waals surface area contributed by atoms with Crippen molar-refractivity contribution in [1.29, 1.82) is 0 Å². The van der Waals surface area contributed by atoms with Gasteiger partial charge in [-0.05, 0) is 55.2 Å². The van der Waals surface area contributed by atoms with Crippen LogP contribution >= 0.6 is 0 Å². The number of aromatic nitrogens is 2. The quantitative estimate of drug-likeness (QED) is 0.742. The first-order chi connectivity index (χ1) is 14.2. The van der Waals surface area contributed by atoms with Crippen LogP contribution in [0.1, 0.15) is 59.9 Å². The molecule has 2 heterocycles. The van der Waals surface area contributed by atoms with E-state index in [1.165, 1.54) is 12.1 Å². The third-order valence-electron chi connectivity index (χ3n) is 5.80. The number of fused-ring (bicyclic) bond motifs is 1. The monoisotopic (exact) mass is 421 g/mol. The van der Waals surface area contributed by atoms with Crippen LogP contribution in [0.3, 0.4) is 0 Å². The molecule has 1 aromatic carbocycles. The number of carbonyl (C=O) groups is 1. The number of carboxylic acids is 1. The number of anilines is 1. The average Bonchev–Trinajstić information content (AvgIpc) is 3.28. The van der Waals surface area contributed by atoms with Gasteiger partial charge in [0.25, 0.3) is 0 Å². The number of benzene rings is 1. The standard InChI is InChI=1S/C20H20F3N3O2.C2H6/c1-11-6-17(18(27)28)25-19(24-11)26-9-13-7-12(8-14(13)10-26)15-4-2-3-5-16(15)20(21,22)23;1-2/h2-6,12-14H,7-10H2,1H3,(H,27,28);1-2H3/t12?,13-,14+;. The second-order valence-corrected chi connectivity index (χ2v) is 7.68. The van der Waals surface area contributed by atoms with Gasteiger partial charge < -0.3 is 10.0 Å². The van der Waals surface area contributed by atoms with Crippen LogP contribution in [0, 0.1) is 18.8 Å². The van der Waals surface area contributed by atoms with E-state index in [9.17, 15) is 23.1 Å². The van der Waals surface area contributed by atoms with Crippen LogP contribution in [0.2, 0.25) is 0 Å². The lowest BCUT2D eigenvalue weighted by Gasteiger charge is -2.21. The largest absolute Gasteiger partial charge is 0.477 e. The predicted molar refractivity (Wildman–Crippen MR) is 108 cm³/mol. The Morgan fingerprint density at radius 2 is 1.70 bits per heavy atom. The van der Waals surface area contributed by atoms with E-state index in [1.54, 1.807) is 19.1 Å². The summed E-state index contributed by atoms with van der Waals surface area (Å²) in [5.74, 6) is -0.315. The molecule has 2 aliphatic rings. The van der Waals surface area contributed by atoms with Crippen LogP contribution in [0.4, 0.5) is 19.1 Å². The molecule has 4 rings (SSSR count). The van der Waals surface area contributed by atoms with Crippen molar-refractivity contribution in [3.63, 3.8) is 0 Å². The number of halogens is 3. The molecule has 2 fully saturated rings. The summed E-state index contributed by atoms with van der Waals surface area (Å²) in [7, 11) is 0. The van der Waals surface area contributed by atoms with Crippen molar-refractivity contribution in [3.8, 4) is 0 Å². The third-order valence-corrected chi connectivity index (χ3v) is 5.80. The Hall–Kier alpha value is -2.64. The highest BCUT2D eigenvalue weighted by atomic mass is 19.4. The smallest absolute Gasteiger partial charge is 0.416 e. The average molecular weight is 421 g/mol. The van der Waals surface area contributed by atoms with E-state index in [1.807, 2.05) is 18.7 Å². The molecule has 0 bridgehead atoms. The Balaban J connectivity index is 0.00000124. The molecule has 1 unspecified atom stereocenters. The van der Waals surface area contributed by atoms with E-state index in [2.05, 4.69) is 9.97 Å². The lowest BCUT2D eigenvalue weighted by atomic mass is 9.91. The maximum absolute atomic E-state index is 13.3. The van der Waals surface area contributed by atoms with Gasteiger partial charge in [-0.1, -0.05) is 32.0 Å². The minimum atomic E-state index is -4.34. The zero-order valence-corrected chi connectivity index (χ0v) is 17.3. The van der Waals surface area contributed by atoms with Gasteiger partial charge in [-0.3, -0.25) is 0 Å². The zero-order valence-electron chi connectivity index (χ0n) is 17.3. The molecule has 30 heavy (non-hydrogen) atoms. The molecule has 3 atom stereocenters.